The van der Waals surface area contributed by atoms with Crippen LogP contribution in [0, 0.1) is 0 Å². The minimum absolute atomic E-state index is 3.03. The molecule has 0 radical (unpaired) electrons. The fraction of sp³-hybridized carbons (Fsp3) is 0. The van der Waals surface area contributed by atoms with Gasteiger partial charge in [-0.05, 0) is 0 Å². The largest absolute Gasteiger partial charge is 0.281 e. The van der Waals surface area contributed by atoms with Crippen LogP contribution in [-0.4, -0.2) is 0 Å². The van der Waals surface area contributed by atoms with Gasteiger partial charge in [-0.25, -0.2) is 0 Å². The van der Waals surface area contributed by atoms with Crippen molar-refractivity contribution in [3.05, 3.63) is 0 Å². The van der Waals surface area contributed by atoms with E-state index >= 15 is 0 Å². The van der Waals surface area contributed by atoms with Crippen molar-refractivity contribution in [2.75, 3.05) is 0 Å². The smallest absolute Gasteiger partial charge is 0.103 e. The molecule has 4 heteroatoms. The highest BCUT2D eigenvalue weighted by molar-refractivity contribution is 7.77. The Bertz CT molecular complexity index is 3.25. The molecule has 0 atom stereocenters. The van der Waals surface area contributed by atoms with Crippen molar-refractivity contribution in [3.8, 4) is 0 Å². The van der Waals surface area contributed by atoms with Crippen LogP contribution in [0.5, 0.6) is 0 Å². The molecule has 3 nitrogen and oxygen atoms in total. The second kappa shape index (κ2) is 304. The first-order chi connectivity index (χ1) is 2.00. The summed E-state index contributed by atoms with van der Waals surface area (Å²) in [5.74, 6) is 8.00. The number of thiol groups is 1. The summed E-state index contributed by atoms with van der Waals surface area (Å²) in [7, 11) is 0. The van der Waals surface area contributed by atoms with Crippen molar-refractivity contribution < 1.29 is 0 Å². The van der Waals surface area contributed by atoms with Gasteiger partial charge in [-0.1, -0.05) is 0 Å². The Kier molecular flexibility index (Phi) is 674. The Morgan fingerprint density at radius 3 is 1.00 bits per heavy atom. The fourth-order valence-electron chi connectivity index (χ4n) is 0. The summed E-state index contributed by atoms with van der Waals surface area (Å²) < 4.78 is 0. The lowest BCUT2D eigenvalue weighted by Gasteiger charge is -1.27. The first-order valence-electron chi connectivity index (χ1n) is 0.592. The maximum atomic E-state index is 4.19. The van der Waals surface area contributed by atoms with Crippen LogP contribution in [0.1, 0.15) is 0 Å². The average Bonchev–Trinajstić information content (AvgIpc) is 1.50. The molecule has 0 fully saturated rings. The maximum absolute atomic E-state index is 4.19. The van der Waals surface area contributed by atoms with Gasteiger partial charge in [0.05, 0.1) is 0 Å². The zero-order valence-electron chi connectivity index (χ0n) is 2.18. The van der Waals surface area contributed by atoms with Gasteiger partial charge in [-0.3, -0.25) is 16.8 Å². The van der Waals surface area contributed by atoms with Crippen molar-refractivity contribution in [3.63, 3.8) is 0 Å². The lowest BCUT2D eigenvalue weighted by molar-refractivity contribution is 1.26. The monoisotopic (exact) mass is 81.0 g/mol. The number of rotatable bonds is 0. The molecule has 0 aromatic heterocycles. The molecule has 4 heavy (non-hydrogen) atoms. The van der Waals surface area contributed by atoms with Crippen molar-refractivity contribution in [2.24, 2.45) is 16.8 Å². The van der Waals surface area contributed by atoms with E-state index < -0.39 is 0 Å². The van der Waals surface area contributed by atoms with Crippen LogP contribution in [-0.2, 0) is 0 Å². The van der Waals surface area contributed by atoms with Crippen LogP contribution in [0.15, 0.2) is 0 Å². The normalized spacial score (nSPS) is 3.00. The summed E-state index contributed by atoms with van der Waals surface area (Å²) in [6.45, 7) is 0. The van der Waals surface area contributed by atoms with E-state index in [9.17, 15) is 0 Å². The van der Waals surface area contributed by atoms with Crippen molar-refractivity contribution in [1.82, 2.24) is 0 Å². The highest BCUT2D eigenvalue weighted by atomic mass is 32.1. The van der Waals surface area contributed by atoms with Gasteiger partial charge in [0.1, 0.15) is 0 Å². The predicted molar refractivity (Wildman–Crippen MR) is 21.5 cm³/mol. The molecule has 0 amide bonds. The van der Waals surface area contributed by atoms with E-state index in [0.717, 1.165) is 0 Å². The third kappa shape index (κ3) is 63.8. The van der Waals surface area contributed by atoms with E-state index in [-0.39, 0.29) is 0 Å². The highest BCUT2D eigenvalue weighted by Crippen LogP contribution is 1.12. The third-order valence-corrected chi connectivity index (χ3v) is 0. The Balaban J connectivity index is 0. The van der Waals surface area contributed by atoms with Crippen molar-refractivity contribution >= 4 is 12.8 Å². The second-order valence-corrected chi connectivity index (χ2v) is 0. The van der Waals surface area contributed by atoms with Crippen LogP contribution in [0.25, 0.3) is 0 Å². The molecule has 28 valence electrons. The SMILES string of the molecule is NN.NS. The summed E-state index contributed by atoms with van der Waals surface area (Å²) in [5.41, 5.74) is 0. The van der Waals surface area contributed by atoms with Gasteiger partial charge in [0.15, 0.2) is 0 Å². The molecule has 0 aliphatic rings. The summed E-state index contributed by atoms with van der Waals surface area (Å²) in [6, 6.07) is 0. The first kappa shape index (κ1) is 8.87. The second-order valence-electron chi connectivity index (χ2n) is 0. The molecule has 0 saturated heterocycles. The number of nitrogens with two attached hydrogens (primary N) is 3. The van der Waals surface area contributed by atoms with E-state index in [2.05, 4.69) is 29.6 Å². The van der Waals surface area contributed by atoms with Gasteiger partial charge in [0, 0.05) is 0 Å². The molecule has 0 spiro atoms. The van der Waals surface area contributed by atoms with E-state index in [1.807, 2.05) is 0 Å². The molecule has 0 rings (SSSR count). The molecular formula is H7N3S. The van der Waals surface area contributed by atoms with Crippen LogP contribution in [0.3, 0.4) is 0 Å². The summed E-state index contributed by atoms with van der Waals surface area (Å²) in [4.78, 5) is 0. The molecule has 0 aromatic rings. The molecule has 0 aliphatic heterocycles. The highest BCUT2D eigenvalue weighted by Gasteiger charge is 0.812. The Labute approximate surface area is 30.7 Å². The van der Waals surface area contributed by atoms with Crippen molar-refractivity contribution in [1.29, 1.82) is 0 Å². The number of hydrogen-bond donors (Lipinski definition) is 4. The Hall–Kier alpha value is 0.230. The predicted octanol–water partition coefficient (Wildman–Crippen LogP) is -1.39. The molecular weight excluding hydrogens is 74.1 g/mol. The van der Waals surface area contributed by atoms with Gasteiger partial charge in [-0.2, -0.15) is 0 Å². The van der Waals surface area contributed by atoms with Gasteiger partial charge in [0.25, 0.3) is 0 Å². The summed E-state index contributed by atoms with van der Waals surface area (Å²) >= 11 is 3.03. The molecule has 0 heterocycles. The van der Waals surface area contributed by atoms with Crippen LogP contribution in [0.4, 0.5) is 0 Å². The van der Waals surface area contributed by atoms with Gasteiger partial charge < -0.3 is 0 Å². The molecule has 0 bridgehead atoms. The lowest BCUT2D eigenvalue weighted by Crippen LogP contribution is -2.02. The van der Waals surface area contributed by atoms with Crippen LogP contribution < -0.4 is 16.8 Å². The molecule has 0 aromatic carbocycles. The minimum Gasteiger partial charge on any atom is -0.281 e. The number of hydrogen-bond acceptors (Lipinski definition) is 4. The van der Waals surface area contributed by atoms with E-state index in [4.69, 9.17) is 0 Å². The first-order valence-corrected chi connectivity index (χ1v) is 1.11. The molecule has 0 saturated carbocycles. The topological polar surface area (TPSA) is 78.1 Å². The third-order valence-electron chi connectivity index (χ3n) is 0. The van der Waals surface area contributed by atoms with Gasteiger partial charge >= 0.3 is 0 Å². The standard InChI is InChI=1S/H4N2.H3NS/c2*1-2/h1-2H2;2H,1H2. The van der Waals surface area contributed by atoms with Crippen LogP contribution >= 0.6 is 12.8 Å². The number of hydrazine groups is 1. The zero-order chi connectivity index (χ0) is 4.00. The van der Waals surface area contributed by atoms with E-state index in [1.54, 1.807) is 0 Å². The van der Waals surface area contributed by atoms with E-state index in [0.29, 0.717) is 0 Å². The van der Waals surface area contributed by atoms with E-state index in [1.165, 1.54) is 0 Å². The van der Waals surface area contributed by atoms with Gasteiger partial charge in [-0.15, -0.1) is 12.8 Å². The fourth-order valence-corrected chi connectivity index (χ4v) is 0. The zero-order valence-corrected chi connectivity index (χ0v) is 3.07. The van der Waals surface area contributed by atoms with Crippen LogP contribution in [0.2, 0.25) is 0 Å². The molecule has 6 N–H and O–H groups in total. The maximum Gasteiger partial charge on any atom is -0.103 e. The quantitative estimate of drug-likeness (QED) is 0.165. The Morgan fingerprint density at radius 2 is 1.00 bits per heavy atom. The van der Waals surface area contributed by atoms with Crippen molar-refractivity contribution in [2.45, 2.75) is 0 Å². The summed E-state index contributed by atoms with van der Waals surface area (Å²) in [6.07, 6.45) is 0. The Morgan fingerprint density at radius 1 is 1.00 bits per heavy atom. The average molecular weight is 81.1 g/mol. The summed E-state index contributed by atoms with van der Waals surface area (Å²) in [5, 5.41) is 4.19. The minimum atomic E-state index is 3.03. The molecule has 0 unspecified atom stereocenters. The van der Waals surface area contributed by atoms with Gasteiger partial charge in [0.2, 0.25) is 0 Å². The lowest BCUT2D eigenvalue weighted by atomic mass is 13.0. The molecule has 0 aliphatic carbocycles.